The highest BCUT2D eigenvalue weighted by atomic mass is 35.5. The minimum absolute atomic E-state index is 0.177. The molecule has 0 fully saturated rings. The average Bonchev–Trinajstić information content (AvgIpc) is 3.25. The smallest absolute Gasteiger partial charge is 0.336 e. The number of benzene rings is 3. The number of aromatic carboxylic acids is 1. The Bertz CT molecular complexity index is 1560. The van der Waals surface area contributed by atoms with Gasteiger partial charge in [-0.15, -0.1) is 0 Å². The fourth-order valence-electron chi connectivity index (χ4n) is 3.89. The van der Waals surface area contributed by atoms with Crippen molar-refractivity contribution < 1.29 is 19.4 Å². The summed E-state index contributed by atoms with van der Waals surface area (Å²) < 4.78 is 11.2. The number of nitrogens with zero attached hydrogens (tertiary/aromatic N) is 2. The number of hydrogen-bond donors (Lipinski definition) is 2. The number of carboxylic acid groups (broad SMARTS) is 1. The van der Waals surface area contributed by atoms with Crippen LogP contribution in [0.5, 0.6) is 17.6 Å². The lowest BCUT2D eigenvalue weighted by Gasteiger charge is -2.09. The molecule has 35 heavy (non-hydrogen) atoms. The van der Waals surface area contributed by atoms with Crippen LogP contribution in [-0.4, -0.2) is 33.1 Å². The third kappa shape index (κ3) is 4.41. The molecule has 0 aliphatic carbocycles. The molecule has 8 heteroatoms. The van der Waals surface area contributed by atoms with Gasteiger partial charge < -0.3 is 19.6 Å². The lowest BCUT2D eigenvalue weighted by Crippen LogP contribution is -2.00. The van der Waals surface area contributed by atoms with E-state index in [4.69, 9.17) is 21.1 Å². The summed E-state index contributed by atoms with van der Waals surface area (Å²) in [6.45, 7) is 1.73. The van der Waals surface area contributed by atoms with E-state index in [0.717, 1.165) is 22.3 Å². The van der Waals surface area contributed by atoms with Crippen molar-refractivity contribution in [2.45, 2.75) is 6.92 Å². The summed E-state index contributed by atoms with van der Waals surface area (Å²) in [6, 6.07) is 20.6. The average molecular weight is 486 g/mol. The van der Waals surface area contributed by atoms with E-state index in [1.54, 1.807) is 38.4 Å². The number of methoxy groups -OCH3 is 1. The highest BCUT2D eigenvalue weighted by Gasteiger charge is 2.14. The van der Waals surface area contributed by atoms with Gasteiger partial charge in [-0.1, -0.05) is 41.9 Å². The molecule has 0 bridgehead atoms. The number of rotatable bonds is 6. The zero-order chi connectivity index (χ0) is 24.5. The molecule has 0 aliphatic rings. The van der Waals surface area contributed by atoms with Crippen LogP contribution in [0.25, 0.3) is 33.3 Å². The quantitative estimate of drug-likeness (QED) is 0.276. The summed E-state index contributed by atoms with van der Waals surface area (Å²) in [5.41, 5.74) is 5.84. The predicted octanol–water partition coefficient (Wildman–Crippen LogP) is 6.75. The number of hydrogen-bond acceptors (Lipinski definition) is 5. The molecular weight excluding hydrogens is 466 g/mol. The molecule has 0 aliphatic heterocycles. The molecule has 7 nitrogen and oxygen atoms in total. The van der Waals surface area contributed by atoms with Gasteiger partial charge in [0.25, 0.3) is 6.01 Å². The minimum atomic E-state index is -1.01. The molecule has 5 aromatic rings. The van der Waals surface area contributed by atoms with Crippen molar-refractivity contribution in [3.63, 3.8) is 0 Å². The van der Waals surface area contributed by atoms with Gasteiger partial charge in [-0.05, 0) is 60.0 Å². The first kappa shape index (κ1) is 22.4. The molecule has 2 N–H and O–H groups in total. The molecule has 2 aromatic heterocycles. The van der Waals surface area contributed by atoms with Crippen molar-refractivity contribution >= 4 is 28.6 Å². The lowest BCUT2D eigenvalue weighted by molar-refractivity contribution is 0.0695. The van der Waals surface area contributed by atoms with Crippen molar-refractivity contribution in [3.05, 3.63) is 89.1 Å². The minimum Gasteiger partial charge on any atom is -0.481 e. The molecule has 0 atom stereocenters. The number of carbonyl (C=O) groups is 1. The van der Waals surface area contributed by atoms with Crippen molar-refractivity contribution in [1.29, 1.82) is 0 Å². The number of ether oxygens (including phenoxy) is 2. The molecule has 2 heterocycles. The summed E-state index contributed by atoms with van der Waals surface area (Å²) in [5, 5.41) is 9.90. The molecule has 5 rings (SSSR count). The maximum atomic E-state index is 11.4. The van der Waals surface area contributed by atoms with Gasteiger partial charge in [-0.2, -0.15) is 4.98 Å². The Balaban J connectivity index is 1.45. The van der Waals surface area contributed by atoms with Gasteiger partial charge in [0, 0.05) is 17.3 Å². The van der Waals surface area contributed by atoms with E-state index in [0.29, 0.717) is 33.2 Å². The number of imidazole rings is 1. The number of H-pyrrole nitrogens is 1. The Morgan fingerprint density at radius 2 is 1.74 bits per heavy atom. The van der Waals surface area contributed by atoms with Crippen molar-refractivity contribution in [3.8, 4) is 39.9 Å². The molecule has 0 saturated heterocycles. The Hall–Kier alpha value is -4.36. The summed E-state index contributed by atoms with van der Waals surface area (Å²) in [7, 11) is 1.60. The fraction of sp³-hybridized carbons (Fsp3) is 0.0741. The Morgan fingerprint density at radius 3 is 2.46 bits per heavy atom. The van der Waals surface area contributed by atoms with Crippen LogP contribution in [0.3, 0.4) is 0 Å². The SMILES string of the molecule is COc1ncccc1-c1ccc(-c2cc3nc(Oc4ccc(C)c(C(=O)O)c4)[nH]c3cc2Cl)cc1. The molecule has 0 unspecified atom stereocenters. The standard InChI is InChI=1S/C27H20ClN3O4/c1-15-5-10-18(12-20(15)26(32)33)35-27-30-23-13-21(22(28)14-24(23)31-27)17-8-6-16(7-9-17)19-4-3-11-29-25(19)34-2/h3-14H,1-2H3,(H,30,31)(H,32,33). The van der Waals surface area contributed by atoms with Crippen LogP contribution in [0.1, 0.15) is 15.9 Å². The number of halogens is 1. The Morgan fingerprint density at radius 1 is 1.00 bits per heavy atom. The van der Waals surface area contributed by atoms with Crippen LogP contribution in [0.4, 0.5) is 0 Å². The first-order valence-corrected chi connectivity index (χ1v) is 11.1. The van der Waals surface area contributed by atoms with Gasteiger partial charge in [-0.25, -0.2) is 9.78 Å². The maximum absolute atomic E-state index is 11.4. The number of pyridine rings is 1. The van der Waals surface area contributed by atoms with Gasteiger partial charge in [-0.3, -0.25) is 0 Å². The molecule has 0 spiro atoms. The van der Waals surface area contributed by atoms with Gasteiger partial charge >= 0.3 is 5.97 Å². The number of aromatic nitrogens is 3. The van der Waals surface area contributed by atoms with Gasteiger partial charge in [0.05, 0.1) is 28.7 Å². The molecule has 3 aromatic carbocycles. The van der Waals surface area contributed by atoms with Crippen LogP contribution in [0, 0.1) is 6.92 Å². The highest BCUT2D eigenvalue weighted by Crippen LogP contribution is 2.35. The van der Waals surface area contributed by atoms with Crippen molar-refractivity contribution in [2.75, 3.05) is 7.11 Å². The van der Waals surface area contributed by atoms with E-state index in [1.165, 1.54) is 6.07 Å². The number of aryl methyl sites for hydroxylation is 1. The maximum Gasteiger partial charge on any atom is 0.336 e. The van der Waals surface area contributed by atoms with E-state index in [2.05, 4.69) is 15.0 Å². The molecule has 0 radical (unpaired) electrons. The monoisotopic (exact) mass is 485 g/mol. The first-order chi connectivity index (χ1) is 16.9. The molecule has 174 valence electrons. The largest absolute Gasteiger partial charge is 0.481 e. The van der Waals surface area contributed by atoms with Crippen LogP contribution >= 0.6 is 11.6 Å². The third-order valence-electron chi connectivity index (χ3n) is 5.67. The zero-order valence-electron chi connectivity index (χ0n) is 18.9. The first-order valence-electron chi connectivity index (χ1n) is 10.7. The van der Waals surface area contributed by atoms with Crippen LogP contribution in [0.2, 0.25) is 5.02 Å². The molecule has 0 saturated carbocycles. The van der Waals surface area contributed by atoms with E-state index in [-0.39, 0.29) is 11.6 Å². The number of fused-ring (bicyclic) bond motifs is 1. The van der Waals surface area contributed by atoms with Gasteiger partial charge in [0.2, 0.25) is 5.88 Å². The Labute approximate surface area is 206 Å². The molecular formula is C27H20ClN3O4. The highest BCUT2D eigenvalue weighted by molar-refractivity contribution is 6.34. The fourth-order valence-corrected chi connectivity index (χ4v) is 4.16. The van der Waals surface area contributed by atoms with E-state index in [1.807, 2.05) is 42.5 Å². The third-order valence-corrected chi connectivity index (χ3v) is 5.99. The number of aromatic amines is 1. The number of carboxylic acids is 1. The topological polar surface area (TPSA) is 97.3 Å². The summed E-state index contributed by atoms with van der Waals surface area (Å²) in [5.74, 6) is -0.0745. The van der Waals surface area contributed by atoms with Crippen LogP contribution in [-0.2, 0) is 0 Å². The van der Waals surface area contributed by atoms with E-state index >= 15 is 0 Å². The normalized spacial score (nSPS) is 10.9. The van der Waals surface area contributed by atoms with Gasteiger partial charge in [0.15, 0.2) is 0 Å². The summed E-state index contributed by atoms with van der Waals surface area (Å²) in [4.78, 5) is 23.3. The lowest BCUT2D eigenvalue weighted by atomic mass is 10.0. The second-order valence-corrected chi connectivity index (χ2v) is 8.32. The Kier molecular flexibility index (Phi) is 5.84. The predicted molar refractivity (Wildman–Crippen MR) is 135 cm³/mol. The zero-order valence-corrected chi connectivity index (χ0v) is 19.6. The van der Waals surface area contributed by atoms with Crippen molar-refractivity contribution in [2.24, 2.45) is 0 Å². The van der Waals surface area contributed by atoms with E-state index in [9.17, 15) is 9.90 Å². The van der Waals surface area contributed by atoms with Crippen molar-refractivity contribution in [1.82, 2.24) is 15.0 Å². The summed E-state index contributed by atoms with van der Waals surface area (Å²) in [6.07, 6.45) is 1.69. The second-order valence-electron chi connectivity index (χ2n) is 7.91. The van der Waals surface area contributed by atoms with Crippen LogP contribution < -0.4 is 9.47 Å². The van der Waals surface area contributed by atoms with E-state index < -0.39 is 5.97 Å². The number of nitrogens with one attached hydrogen (secondary N) is 1. The second kappa shape index (κ2) is 9.12. The molecule has 0 amide bonds. The van der Waals surface area contributed by atoms with Gasteiger partial charge in [0.1, 0.15) is 5.75 Å². The summed E-state index contributed by atoms with van der Waals surface area (Å²) >= 11 is 6.60. The van der Waals surface area contributed by atoms with Crippen LogP contribution in [0.15, 0.2) is 72.9 Å².